The monoisotopic (exact) mass is 298 g/mol. The average Bonchev–Trinajstić information content (AvgIpc) is 2.48. The lowest BCUT2D eigenvalue weighted by atomic mass is 10.1. The molecular weight excluding hydrogens is 276 g/mol. The van der Waals surface area contributed by atoms with Gasteiger partial charge in [0.15, 0.2) is 0 Å². The summed E-state index contributed by atoms with van der Waals surface area (Å²) in [6.07, 6.45) is 0. The molecule has 21 heavy (non-hydrogen) atoms. The number of thiocarbonyl (C=S) groups is 1. The van der Waals surface area contributed by atoms with Gasteiger partial charge >= 0.3 is 0 Å². The molecule has 2 rings (SSSR count). The Morgan fingerprint density at radius 2 is 1.48 bits per heavy atom. The summed E-state index contributed by atoms with van der Waals surface area (Å²) < 4.78 is 0. The minimum absolute atomic E-state index is 0.451. The van der Waals surface area contributed by atoms with Crippen LogP contribution in [0.25, 0.3) is 0 Å². The molecule has 0 heterocycles. The minimum atomic E-state index is 0.451. The zero-order chi connectivity index (χ0) is 15.2. The van der Waals surface area contributed by atoms with Crippen LogP contribution >= 0.6 is 12.2 Å². The standard InChI is InChI=1S/C18H22N2S/c1-14(2)20(12-15-6-4-3-5-7-15)13-16-8-10-17(11-9-16)18(19)21/h3-11,14H,12-13H2,1-2H3,(H2,19,21). The fourth-order valence-corrected chi connectivity index (χ4v) is 2.38. The second-order valence-corrected chi connectivity index (χ2v) is 5.99. The van der Waals surface area contributed by atoms with Crippen molar-refractivity contribution < 1.29 is 0 Å². The van der Waals surface area contributed by atoms with Crippen molar-refractivity contribution >= 4 is 17.2 Å². The van der Waals surface area contributed by atoms with Crippen LogP contribution in [-0.4, -0.2) is 15.9 Å². The Balaban J connectivity index is 2.07. The largest absolute Gasteiger partial charge is 0.389 e. The van der Waals surface area contributed by atoms with E-state index in [1.807, 2.05) is 12.1 Å². The summed E-state index contributed by atoms with van der Waals surface area (Å²) in [6, 6.07) is 19.3. The molecule has 0 aliphatic carbocycles. The summed E-state index contributed by atoms with van der Waals surface area (Å²) >= 11 is 4.99. The predicted molar refractivity (Wildman–Crippen MR) is 93.2 cm³/mol. The minimum Gasteiger partial charge on any atom is -0.389 e. The lowest BCUT2D eigenvalue weighted by Crippen LogP contribution is -2.29. The van der Waals surface area contributed by atoms with Crippen molar-refractivity contribution in [1.82, 2.24) is 4.90 Å². The molecule has 0 radical (unpaired) electrons. The van der Waals surface area contributed by atoms with E-state index >= 15 is 0 Å². The first-order chi connectivity index (χ1) is 10.1. The van der Waals surface area contributed by atoms with Crippen LogP contribution in [0.3, 0.4) is 0 Å². The van der Waals surface area contributed by atoms with Crippen molar-refractivity contribution in [3.8, 4) is 0 Å². The quantitative estimate of drug-likeness (QED) is 0.824. The van der Waals surface area contributed by atoms with Gasteiger partial charge in [-0.25, -0.2) is 0 Å². The molecule has 110 valence electrons. The average molecular weight is 298 g/mol. The molecule has 0 saturated carbocycles. The van der Waals surface area contributed by atoms with Crippen molar-refractivity contribution in [3.63, 3.8) is 0 Å². The summed E-state index contributed by atoms with van der Waals surface area (Å²) in [4.78, 5) is 2.90. The van der Waals surface area contributed by atoms with Gasteiger partial charge in [-0.3, -0.25) is 4.90 Å². The molecule has 0 bridgehead atoms. The maximum atomic E-state index is 5.64. The zero-order valence-electron chi connectivity index (χ0n) is 12.6. The van der Waals surface area contributed by atoms with Gasteiger partial charge in [0, 0.05) is 24.7 Å². The summed E-state index contributed by atoms with van der Waals surface area (Å²) in [5.41, 5.74) is 9.18. The number of rotatable bonds is 6. The predicted octanol–water partition coefficient (Wildman–Crippen LogP) is 3.73. The molecule has 0 spiro atoms. The number of hydrogen-bond acceptors (Lipinski definition) is 2. The molecule has 0 atom stereocenters. The van der Waals surface area contributed by atoms with Crippen LogP contribution in [0.1, 0.15) is 30.5 Å². The van der Waals surface area contributed by atoms with E-state index in [4.69, 9.17) is 18.0 Å². The van der Waals surface area contributed by atoms with Crippen LogP contribution in [0.15, 0.2) is 54.6 Å². The smallest absolute Gasteiger partial charge is 0.103 e. The number of hydrogen-bond donors (Lipinski definition) is 1. The maximum Gasteiger partial charge on any atom is 0.103 e. The topological polar surface area (TPSA) is 29.3 Å². The first kappa shape index (κ1) is 15.7. The molecule has 2 nitrogen and oxygen atoms in total. The molecule has 0 aliphatic rings. The van der Waals surface area contributed by atoms with Crippen LogP contribution in [0.5, 0.6) is 0 Å². The maximum absolute atomic E-state index is 5.64. The Morgan fingerprint density at radius 1 is 0.952 bits per heavy atom. The number of nitrogens with two attached hydrogens (primary N) is 1. The summed E-state index contributed by atoms with van der Waals surface area (Å²) in [5, 5.41) is 0. The molecule has 0 aliphatic heterocycles. The van der Waals surface area contributed by atoms with E-state index in [2.05, 4.69) is 61.2 Å². The molecule has 0 unspecified atom stereocenters. The highest BCUT2D eigenvalue weighted by atomic mass is 32.1. The molecule has 2 N–H and O–H groups in total. The third-order valence-corrected chi connectivity index (χ3v) is 3.82. The Kier molecular flexibility index (Phi) is 5.48. The molecule has 0 amide bonds. The van der Waals surface area contributed by atoms with E-state index in [0.717, 1.165) is 18.7 Å². The Hall–Kier alpha value is -1.71. The molecule has 0 saturated heterocycles. The van der Waals surface area contributed by atoms with Crippen LogP contribution in [0.2, 0.25) is 0 Å². The van der Waals surface area contributed by atoms with Gasteiger partial charge in [0.1, 0.15) is 4.99 Å². The van der Waals surface area contributed by atoms with Crippen LogP contribution in [0, 0.1) is 0 Å². The first-order valence-corrected chi connectivity index (χ1v) is 7.64. The van der Waals surface area contributed by atoms with Crippen LogP contribution < -0.4 is 5.73 Å². The summed E-state index contributed by atoms with van der Waals surface area (Å²) in [7, 11) is 0. The second-order valence-electron chi connectivity index (χ2n) is 5.55. The molecular formula is C18H22N2S. The van der Waals surface area contributed by atoms with Gasteiger partial charge in [0.25, 0.3) is 0 Å². The molecule has 3 heteroatoms. The van der Waals surface area contributed by atoms with E-state index in [0.29, 0.717) is 11.0 Å². The zero-order valence-corrected chi connectivity index (χ0v) is 13.4. The van der Waals surface area contributed by atoms with Gasteiger partial charge in [0.05, 0.1) is 0 Å². The Morgan fingerprint density at radius 3 is 1.95 bits per heavy atom. The van der Waals surface area contributed by atoms with Crippen LogP contribution in [0.4, 0.5) is 0 Å². The third kappa shape index (κ3) is 4.66. The van der Waals surface area contributed by atoms with E-state index in [1.54, 1.807) is 0 Å². The fourth-order valence-electron chi connectivity index (χ4n) is 2.25. The molecule has 0 aromatic heterocycles. The van der Waals surface area contributed by atoms with E-state index in [9.17, 15) is 0 Å². The van der Waals surface area contributed by atoms with E-state index < -0.39 is 0 Å². The third-order valence-electron chi connectivity index (χ3n) is 3.58. The van der Waals surface area contributed by atoms with E-state index in [1.165, 1.54) is 11.1 Å². The van der Waals surface area contributed by atoms with Gasteiger partial charge in [-0.05, 0) is 25.0 Å². The first-order valence-electron chi connectivity index (χ1n) is 7.23. The summed E-state index contributed by atoms with van der Waals surface area (Å²) in [6.45, 7) is 6.33. The molecule has 0 fully saturated rings. The number of benzene rings is 2. The van der Waals surface area contributed by atoms with E-state index in [-0.39, 0.29) is 0 Å². The Labute approximate surface area is 132 Å². The lowest BCUT2D eigenvalue weighted by Gasteiger charge is -2.26. The van der Waals surface area contributed by atoms with Crippen molar-refractivity contribution in [1.29, 1.82) is 0 Å². The van der Waals surface area contributed by atoms with Crippen molar-refractivity contribution in [2.75, 3.05) is 0 Å². The van der Waals surface area contributed by atoms with Gasteiger partial charge in [-0.1, -0.05) is 66.8 Å². The fraction of sp³-hybridized carbons (Fsp3) is 0.278. The SMILES string of the molecule is CC(C)N(Cc1ccccc1)Cc1ccc(C(N)=S)cc1. The van der Waals surface area contributed by atoms with Crippen molar-refractivity contribution in [2.24, 2.45) is 5.73 Å². The highest BCUT2D eigenvalue weighted by Crippen LogP contribution is 2.14. The van der Waals surface area contributed by atoms with Gasteiger partial charge in [-0.15, -0.1) is 0 Å². The molecule has 2 aromatic rings. The van der Waals surface area contributed by atoms with Crippen molar-refractivity contribution in [3.05, 3.63) is 71.3 Å². The highest BCUT2D eigenvalue weighted by molar-refractivity contribution is 7.80. The number of nitrogens with zero attached hydrogens (tertiary/aromatic N) is 1. The van der Waals surface area contributed by atoms with Gasteiger partial charge < -0.3 is 5.73 Å². The van der Waals surface area contributed by atoms with Crippen LogP contribution in [-0.2, 0) is 13.1 Å². The summed E-state index contributed by atoms with van der Waals surface area (Å²) in [5.74, 6) is 0. The highest BCUT2D eigenvalue weighted by Gasteiger charge is 2.11. The normalized spacial score (nSPS) is 11.0. The van der Waals surface area contributed by atoms with Gasteiger partial charge in [0.2, 0.25) is 0 Å². The Bertz CT molecular complexity index is 576. The molecule has 2 aromatic carbocycles. The second kappa shape index (κ2) is 7.34. The van der Waals surface area contributed by atoms with Crippen molar-refractivity contribution in [2.45, 2.75) is 33.0 Å². The lowest BCUT2D eigenvalue weighted by molar-refractivity contribution is 0.203. The van der Waals surface area contributed by atoms with Gasteiger partial charge in [-0.2, -0.15) is 0 Å².